The number of nitrogens with zero attached hydrogens (tertiary/aromatic N) is 2. The Morgan fingerprint density at radius 2 is 0.844 bits per heavy atom. The van der Waals surface area contributed by atoms with Crippen LogP contribution in [-0.4, -0.2) is 6.98 Å². The SMILES string of the molecule is c1ccc(-c2cc(-c3ccccc3)c3c(c2)N(c2ccccc2)B2c4c(cccc4-3)-c3ccccc3N2c2ccccc2)cc1. The third kappa shape index (κ3) is 4.05. The van der Waals surface area contributed by atoms with E-state index in [9.17, 15) is 0 Å². The summed E-state index contributed by atoms with van der Waals surface area (Å²) in [7, 11) is 0. The summed E-state index contributed by atoms with van der Waals surface area (Å²) >= 11 is 0. The Balaban J connectivity index is 1.44. The first kappa shape index (κ1) is 25.7. The molecule has 7 aromatic carbocycles. The van der Waals surface area contributed by atoms with E-state index in [0.717, 1.165) is 5.69 Å². The molecule has 0 aromatic heterocycles. The standard InChI is InChI=1S/C42H29BN2/c1-5-16-30(17-6-1)32-28-38(31-18-7-2-8-19-31)41-37-26-15-25-36-35-24-13-14-27-39(35)44(33-20-9-3-10-21-33)43(42(36)37)45(40(41)29-32)34-22-11-4-12-23-34/h1-29H. The molecule has 0 fully saturated rings. The van der Waals surface area contributed by atoms with Gasteiger partial charge in [-0.3, -0.25) is 0 Å². The Morgan fingerprint density at radius 3 is 1.51 bits per heavy atom. The lowest BCUT2D eigenvalue weighted by molar-refractivity contribution is 1.26. The summed E-state index contributed by atoms with van der Waals surface area (Å²) in [5.74, 6) is 0. The minimum Gasteiger partial charge on any atom is -0.361 e. The van der Waals surface area contributed by atoms with Gasteiger partial charge in [0.05, 0.1) is 0 Å². The van der Waals surface area contributed by atoms with Crippen molar-refractivity contribution in [3.8, 4) is 44.5 Å². The number of benzene rings is 7. The average molecular weight is 573 g/mol. The lowest BCUT2D eigenvalue weighted by Gasteiger charge is -2.48. The molecule has 0 saturated carbocycles. The number of rotatable bonds is 4. The molecular formula is C42H29BN2. The highest BCUT2D eigenvalue weighted by molar-refractivity contribution is 6.86. The normalized spacial score (nSPS) is 12.8. The van der Waals surface area contributed by atoms with Crippen molar-refractivity contribution in [3.05, 3.63) is 176 Å². The van der Waals surface area contributed by atoms with Crippen LogP contribution in [0.25, 0.3) is 44.5 Å². The van der Waals surface area contributed by atoms with E-state index in [1.54, 1.807) is 0 Å². The smallest absolute Gasteiger partial charge is 0.361 e. The zero-order valence-corrected chi connectivity index (χ0v) is 24.7. The van der Waals surface area contributed by atoms with Gasteiger partial charge in [0.1, 0.15) is 0 Å². The van der Waals surface area contributed by atoms with E-state index in [1.807, 2.05) is 0 Å². The second-order valence-electron chi connectivity index (χ2n) is 11.7. The third-order valence-corrected chi connectivity index (χ3v) is 9.21. The summed E-state index contributed by atoms with van der Waals surface area (Å²) in [5, 5.41) is 0. The van der Waals surface area contributed by atoms with Crippen molar-refractivity contribution in [3.63, 3.8) is 0 Å². The van der Waals surface area contributed by atoms with E-state index in [0.29, 0.717) is 0 Å². The first-order valence-corrected chi connectivity index (χ1v) is 15.6. The molecule has 0 spiro atoms. The van der Waals surface area contributed by atoms with E-state index >= 15 is 0 Å². The van der Waals surface area contributed by atoms with E-state index in [4.69, 9.17) is 0 Å². The Kier molecular flexibility index (Phi) is 5.95. The van der Waals surface area contributed by atoms with Crippen LogP contribution in [0.4, 0.5) is 22.7 Å². The maximum atomic E-state index is 2.57. The van der Waals surface area contributed by atoms with Crippen molar-refractivity contribution in [2.45, 2.75) is 0 Å². The van der Waals surface area contributed by atoms with E-state index in [1.165, 1.54) is 67.0 Å². The zero-order valence-electron chi connectivity index (χ0n) is 24.7. The maximum absolute atomic E-state index is 2.57. The molecule has 0 N–H and O–H groups in total. The van der Waals surface area contributed by atoms with Crippen molar-refractivity contribution in [2.24, 2.45) is 0 Å². The first-order chi connectivity index (χ1) is 22.4. The van der Waals surface area contributed by atoms with E-state index in [-0.39, 0.29) is 6.98 Å². The second-order valence-corrected chi connectivity index (χ2v) is 11.7. The van der Waals surface area contributed by atoms with Crippen LogP contribution >= 0.6 is 0 Å². The van der Waals surface area contributed by atoms with E-state index < -0.39 is 0 Å². The summed E-state index contributed by atoms with van der Waals surface area (Å²) in [6.45, 7) is -0.0990. The molecule has 0 aliphatic carbocycles. The van der Waals surface area contributed by atoms with Crippen molar-refractivity contribution in [1.29, 1.82) is 0 Å². The molecule has 3 heteroatoms. The monoisotopic (exact) mass is 572 g/mol. The molecule has 45 heavy (non-hydrogen) atoms. The van der Waals surface area contributed by atoms with Crippen LogP contribution < -0.4 is 15.1 Å². The van der Waals surface area contributed by atoms with Crippen LogP contribution in [0.5, 0.6) is 0 Å². The molecule has 0 amide bonds. The quantitative estimate of drug-likeness (QED) is 0.194. The molecule has 0 atom stereocenters. The maximum Gasteiger partial charge on any atom is 0.421 e. The fourth-order valence-corrected chi connectivity index (χ4v) is 7.33. The van der Waals surface area contributed by atoms with Crippen LogP contribution in [-0.2, 0) is 0 Å². The summed E-state index contributed by atoms with van der Waals surface area (Å²) in [6.07, 6.45) is 0. The van der Waals surface area contributed by atoms with Gasteiger partial charge >= 0.3 is 6.98 Å². The Bertz CT molecular complexity index is 2160. The minimum absolute atomic E-state index is 0.0990. The van der Waals surface area contributed by atoms with Crippen molar-refractivity contribution < 1.29 is 0 Å². The number of hydrogen-bond acceptors (Lipinski definition) is 2. The number of anilines is 4. The summed E-state index contributed by atoms with van der Waals surface area (Å²) in [4.78, 5) is 5.11. The van der Waals surface area contributed by atoms with Gasteiger partial charge in [-0.2, -0.15) is 0 Å². The fraction of sp³-hybridized carbons (Fsp3) is 0. The average Bonchev–Trinajstić information content (AvgIpc) is 3.13. The summed E-state index contributed by atoms with van der Waals surface area (Å²) in [5.41, 5.74) is 16.1. The molecular weight excluding hydrogens is 543 g/mol. The number of para-hydroxylation sites is 3. The van der Waals surface area contributed by atoms with Crippen molar-refractivity contribution in [1.82, 2.24) is 0 Å². The molecule has 7 aromatic rings. The van der Waals surface area contributed by atoms with Crippen LogP contribution in [0.3, 0.4) is 0 Å². The number of fused-ring (bicyclic) bond motifs is 4. The number of hydrogen-bond donors (Lipinski definition) is 0. The minimum atomic E-state index is -0.0990. The molecule has 2 aliphatic rings. The molecule has 2 nitrogen and oxygen atoms in total. The topological polar surface area (TPSA) is 6.48 Å². The molecule has 2 heterocycles. The summed E-state index contributed by atoms with van der Waals surface area (Å²) < 4.78 is 0. The van der Waals surface area contributed by atoms with Crippen molar-refractivity contribution >= 4 is 35.2 Å². The fourth-order valence-electron chi connectivity index (χ4n) is 7.33. The van der Waals surface area contributed by atoms with E-state index in [2.05, 4.69) is 186 Å². The van der Waals surface area contributed by atoms with Crippen LogP contribution in [0, 0.1) is 0 Å². The highest BCUT2D eigenvalue weighted by atomic mass is 15.2. The Hall–Kier alpha value is -5.80. The molecule has 2 aliphatic heterocycles. The highest BCUT2D eigenvalue weighted by Crippen LogP contribution is 2.52. The Labute approximate surface area is 264 Å². The van der Waals surface area contributed by atoms with Gasteiger partial charge in [-0.1, -0.05) is 133 Å². The van der Waals surface area contributed by atoms with Gasteiger partial charge in [-0.15, -0.1) is 0 Å². The Morgan fingerprint density at radius 1 is 0.333 bits per heavy atom. The summed E-state index contributed by atoms with van der Waals surface area (Å²) in [6, 6.07) is 63.9. The second kappa shape index (κ2) is 10.4. The van der Waals surface area contributed by atoms with Gasteiger partial charge in [-0.05, 0) is 81.3 Å². The lowest BCUT2D eigenvalue weighted by atomic mass is 9.53. The van der Waals surface area contributed by atoms with Gasteiger partial charge in [0.15, 0.2) is 0 Å². The third-order valence-electron chi connectivity index (χ3n) is 9.21. The lowest BCUT2D eigenvalue weighted by Crippen LogP contribution is -2.61. The van der Waals surface area contributed by atoms with Gasteiger partial charge in [-0.25, -0.2) is 0 Å². The predicted molar refractivity (Wildman–Crippen MR) is 191 cm³/mol. The van der Waals surface area contributed by atoms with Crippen molar-refractivity contribution in [2.75, 3.05) is 9.62 Å². The molecule has 0 saturated heterocycles. The van der Waals surface area contributed by atoms with Gasteiger partial charge in [0, 0.05) is 33.9 Å². The molecule has 0 bridgehead atoms. The van der Waals surface area contributed by atoms with Crippen LogP contribution in [0.1, 0.15) is 0 Å². The molecule has 210 valence electrons. The van der Waals surface area contributed by atoms with Gasteiger partial charge < -0.3 is 9.62 Å². The molecule has 9 rings (SSSR count). The molecule has 0 unspecified atom stereocenters. The first-order valence-electron chi connectivity index (χ1n) is 15.6. The van der Waals surface area contributed by atoms with Crippen LogP contribution in [0.15, 0.2) is 176 Å². The highest BCUT2D eigenvalue weighted by Gasteiger charge is 2.47. The predicted octanol–water partition coefficient (Wildman–Crippen LogP) is 10.4. The van der Waals surface area contributed by atoms with Gasteiger partial charge in [0.2, 0.25) is 0 Å². The largest absolute Gasteiger partial charge is 0.421 e. The zero-order chi connectivity index (χ0) is 29.7. The van der Waals surface area contributed by atoms with Gasteiger partial charge in [0.25, 0.3) is 0 Å². The van der Waals surface area contributed by atoms with Crippen LogP contribution in [0.2, 0.25) is 0 Å². The molecule has 0 radical (unpaired) electrons.